The summed E-state index contributed by atoms with van der Waals surface area (Å²) in [7, 11) is 1.69. The molecule has 0 N–H and O–H groups in total. The molecular weight excluding hydrogens is 417 g/mol. The standard InChI is InChI=1S/C24H27ClFN3O2/c1-17-23(25)29(22-9-4-3-8-21(22)26)24(27-17)31-16-18-10-12-28(13-11-18)15-19-6-5-7-20(14-19)30-2/h3-9,14,18H,10-13,15-16H2,1-2H3. The quantitative estimate of drug-likeness (QED) is 0.498. The molecule has 0 amide bonds. The van der Waals surface area contributed by atoms with E-state index < -0.39 is 0 Å². The fourth-order valence-corrected chi connectivity index (χ4v) is 4.16. The molecule has 31 heavy (non-hydrogen) atoms. The minimum Gasteiger partial charge on any atom is -0.497 e. The highest BCUT2D eigenvalue weighted by atomic mass is 35.5. The SMILES string of the molecule is COc1cccc(CN2CCC(COc3nc(C)c(Cl)n3-c3ccccc3F)CC2)c1. The minimum atomic E-state index is -0.363. The number of halogens is 2. The molecule has 0 saturated carbocycles. The molecule has 0 aliphatic carbocycles. The zero-order valence-electron chi connectivity index (χ0n) is 17.9. The van der Waals surface area contributed by atoms with E-state index in [4.69, 9.17) is 21.1 Å². The molecule has 0 bridgehead atoms. The average molecular weight is 444 g/mol. The molecule has 1 fully saturated rings. The number of aryl methyl sites for hydroxylation is 1. The van der Waals surface area contributed by atoms with Crippen LogP contribution in [0, 0.1) is 18.7 Å². The van der Waals surface area contributed by atoms with Crippen LogP contribution in [0.2, 0.25) is 5.15 Å². The highest BCUT2D eigenvalue weighted by molar-refractivity contribution is 6.30. The molecule has 0 radical (unpaired) electrons. The van der Waals surface area contributed by atoms with Crippen LogP contribution in [0.25, 0.3) is 5.69 Å². The lowest BCUT2D eigenvalue weighted by Gasteiger charge is -2.31. The normalized spacial score (nSPS) is 15.2. The highest BCUT2D eigenvalue weighted by Gasteiger charge is 2.23. The Morgan fingerprint density at radius 1 is 1.13 bits per heavy atom. The number of likely N-dealkylation sites (tertiary alicyclic amines) is 1. The van der Waals surface area contributed by atoms with Crippen molar-refractivity contribution in [1.82, 2.24) is 14.5 Å². The van der Waals surface area contributed by atoms with Crippen molar-refractivity contribution in [2.24, 2.45) is 5.92 Å². The number of ether oxygens (including phenoxy) is 2. The number of benzene rings is 2. The van der Waals surface area contributed by atoms with Gasteiger partial charge in [-0.1, -0.05) is 35.9 Å². The average Bonchev–Trinajstić information content (AvgIpc) is 3.07. The van der Waals surface area contributed by atoms with E-state index in [0.717, 1.165) is 38.2 Å². The first-order valence-electron chi connectivity index (χ1n) is 10.5. The summed E-state index contributed by atoms with van der Waals surface area (Å²) >= 11 is 6.40. The van der Waals surface area contributed by atoms with E-state index in [9.17, 15) is 4.39 Å². The molecule has 2 heterocycles. The number of imidazole rings is 1. The first kappa shape index (κ1) is 21.7. The van der Waals surface area contributed by atoms with Gasteiger partial charge >= 0.3 is 6.01 Å². The van der Waals surface area contributed by atoms with Gasteiger partial charge in [-0.05, 0) is 68.6 Å². The Morgan fingerprint density at radius 3 is 2.65 bits per heavy atom. The van der Waals surface area contributed by atoms with E-state index in [1.165, 1.54) is 11.6 Å². The van der Waals surface area contributed by atoms with Gasteiger partial charge in [0.05, 0.1) is 25.1 Å². The van der Waals surface area contributed by atoms with E-state index in [0.29, 0.717) is 35.1 Å². The van der Waals surface area contributed by atoms with E-state index in [2.05, 4.69) is 22.0 Å². The third-order valence-electron chi connectivity index (χ3n) is 5.74. The highest BCUT2D eigenvalue weighted by Crippen LogP contribution is 2.30. The topological polar surface area (TPSA) is 39.5 Å². The van der Waals surface area contributed by atoms with Gasteiger partial charge in [0.25, 0.3) is 0 Å². The second-order valence-corrected chi connectivity index (χ2v) is 8.30. The van der Waals surface area contributed by atoms with E-state index in [1.807, 2.05) is 12.1 Å². The number of aromatic nitrogens is 2. The molecule has 0 unspecified atom stereocenters. The smallest absolute Gasteiger partial charge is 0.302 e. The molecule has 1 saturated heterocycles. The van der Waals surface area contributed by atoms with Crippen LogP contribution in [0.15, 0.2) is 48.5 Å². The summed E-state index contributed by atoms with van der Waals surface area (Å²) in [6.07, 6.45) is 2.08. The van der Waals surface area contributed by atoms with Crippen molar-refractivity contribution in [1.29, 1.82) is 0 Å². The zero-order valence-corrected chi connectivity index (χ0v) is 18.6. The number of para-hydroxylation sites is 1. The molecule has 2 aromatic carbocycles. The molecule has 1 aliphatic rings. The van der Waals surface area contributed by atoms with Crippen molar-refractivity contribution in [2.45, 2.75) is 26.3 Å². The summed E-state index contributed by atoms with van der Waals surface area (Å²) < 4.78 is 27.2. The molecule has 164 valence electrons. The maximum absolute atomic E-state index is 14.3. The Labute approximate surface area is 187 Å². The lowest BCUT2D eigenvalue weighted by Crippen LogP contribution is -2.35. The minimum absolute atomic E-state index is 0.339. The predicted octanol–water partition coefficient (Wildman–Crippen LogP) is 5.27. The van der Waals surface area contributed by atoms with Gasteiger partial charge in [-0.2, -0.15) is 4.98 Å². The molecule has 5 nitrogen and oxygen atoms in total. The Bertz CT molecular complexity index is 1030. The van der Waals surface area contributed by atoms with Crippen molar-refractivity contribution in [3.05, 3.63) is 70.8 Å². The lowest BCUT2D eigenvalue weighted by molar-refractivity contribution is 0.131. The zero-order chi connectivity index (χ0) is 21.8. The largest absolute Gasteiger partial charge is 0.497 e. The summed E-state index contributed by atoms with van der Waals surface area (Å²) in [5, 5.41) is 0.369. The van der Waals surface area contributed by atoms with Crippen LogP contribution < -0.4 is 9.47 Å². The van der Waals surface area contributed by atoms with Gasteiger partial charge in [0.15, 0.2) is 0 Å². The van der Waals surface area contributed by atoms with Gasteiger partial charge in [0.1, 0.15) is 16.7 Å². The van der Waals surface area contributed by atoms with Gasteiger partial charge in [0.2, 0.25) is 0 Å². The predicted molar refractivity (Wildman–Crippen MR) is 120 cm³/mol. The van der Waals surface area contributed by atoms with E-state index in [-0.39, 0.29) is 5.82 Å². The summed E-state index contributed by atoms with van der Waals surface area (Å²) in [5.74, 6) is 0.948. The maximum Gasteiger partial charge on any atom is 0.302 e. The Balaban J connectivity index is 1.35. The molecule has 0 atom stereocenters. The molecule has 0 spiro atoms. The summed E-state index contributed by atoms with van der Waals surface area (Å²) in [6.45, 7) is 5.26. The van der Waals surface area contributed by atoms with Gasteiger partial charge < -0.3 is 9.47 Å². The van der Waals surface area contributed by atoms with Crippen LogP contribution >= 0.6 is 11.6 Å². The number of piperidine rings is 1. The number of hydrogen-bond donors (Lipinski definition) is 0. The lowest BCUT2D eigenvalue weighted by atomic mass is 9.97. The van der Waals surface area contributed by atoms with Crippen molar-refractivity contribution in [3.8, 4) is 17.4 Å². The number of nitrogens with zero attached hydrogens (tertiary/aromatic N) is 3. The molecular formula is C24H27ClFN3O2. The van der Waals surface area contributed by atoms with Crippen LogP contribution in [0.1, 0.15) is 24.1 Å². The Hall–Kier alpha value is -2.57. The first-order chi connectivity index (χ1) is 15.0. The van der Waals surface area contributed by atoms with Gasteiger partial charge in [0, 0.05) is 6.54 Å². The number of hydrogen-bond acceptors (Lipinski definition) is 4. The summed E-state index contributed by atoms with van der Waals surface area (Å²) in [4.78, 5) is 6.87. The monoisotopic (exact) mass is 443 g/mol. The number of rotatable bonds is 7. The van der Waals surface area contributed by atoms with Crippen LogP contribution in [-0.2, 0) is 6.54 Å². The molecule has 7 heteroatoms. The van der Waals surface area contributed by atoms with Gasteiger partial charge in [-0.15, -0.1) is 0 Å². The van der Waals surface area contributed by atoms with Crippen molar-refractivity contribution < 1.29 is 13.9 Å². The maximum atomic E-state index is 14.3. The van der Waals surface area contributed by atoms with E-state index >= 15 is 0 Å². The van der Waals surface area contributed by atoms with Gasteiger partial charge in [-0.25, -0.2) is 8.96 Å². The second kappa shape index (κ2) is 9.71. The summed E-state index contributed by atoms with van der Waals surface area (Å²) in [6, 6.07) is 15.0. The van der Waals surface area contributed by atoms with Crippen molar-refractivity contribution in [2.75, 3.05) is 26.8 Å². The molecule has 4 rings (SSSR count). The molecule has 3 aromatic rings. The second-order valence-electron chi connectivity index (χ2n) is 7.94. The van der Waals surface area contributed by atoms with Crippen molar-refractivity contribution >= 4 is 11.6 Å². The Morgan fingerprint density at radius 2 is 1.90 bits per heavy atom. The molecule has 1 aliphatic heterocycles. The fraction of sp³-hybridized carbons (Fsp3) is 0.375. The van der Waals surface area contributed by atoms with Gasteiger partial charge in [-0.3, -0.25) is 4.90 Å². The van der Waals surface area contributed by atoms with Crippen molar-refractivity contribution in [3.63, 3.8) is 0 Å². The fourth-order valence-electron chi connectivity index (χ4n) is 3.96. The van der Waals surface area contributed by atoms with Crippen LogP contribution in [0.4, 0.5) is 4.39 Å². The molecule has 1 aromatic heterocycles. The number of methoxy groups -OCH3 is 1. The third-order valence-corrected chi connectivity index (χ3v) is 6.18. The van der Waals surface area contributed by atoms with Crippen LogP contribution in [0.5, 0.6) is 11.8 Å². The Kier molecular flexibility index (Phi) is 6.78. The van der Waals surface area contributed by atoms with Crippen LogP contribution in [0.3, 0.4) is 0 Å². The summed E-state index contributed by atoms with van der Waals surface area (Å²) in [5.41, 5.74) is 2.22. The third kappa shape index (κ3) is 5.02. The van der Waals surface area contributed by atoms with E-state index in [1.54, 1.807) is 36.8 Å². The first-order valence-corrected chi connectivity index (χ1v) is 10.9. The van der Waals surface area contributed by atoms with Crippen LogP contribution in [-0.4, -0.2) is 41.3 Å².